The minimum absolute atomic E-state index is 0.320. The summed E-state index contributed by atoms with van der Waals surface area (Å²) in [5, 5.41) is 15.2. The van der Waals surface area contributed by atoms with E-state index in [1.165, 1.54) is 4.68 Å². The van der Waals surface area contributed by atoms with E-state index >= 15 is 0 Å². The Labute approximate surface area is 120 Å². The predicted molar refractivity (Wildman–Crippen MR) is 74.8 cm³/mol. The minimum atomic E-state index is -0.914. The molecule has 0 radical (unpaired) electrons. The first-order valence-electron chi connectivity index (χ1n) is 6.43. The maximum Gasteiger partial charge on any atom is 0.323 e. The number of amides is 1. The van der Waals surface area contributed by atoms with Crippen molar-refractivity contribution in [2.75, 3.05) is 0 Å². The van der Waals surface area contributed by atoms with Crippen LogP contribution in [0.15, 0.2) is 24.4 Å². The summed E-state index contributed by atoms with van der Waals surface area (Å²) in [5.74, 6) is -0.914. The first-order valence-corrected chi connectivity index (χ1v) is 6.43. The summed E-state index contributed by atoms with van der Waals surface area (Å²) in [5.41, 5.74) is 5.60. The van der Waals surface area contributed by atoms with Gasteiger partial charge in [0.1, 0.15) is 5.69 Å². The Bertz CT molecular complexity index is 681. The fourth-order valence-electron chi connectivity index (χ4n) is 2.22. The average Bonchev–Trinajstić information content (AvgIpc) is 2.87. The molecule has 1 atom stereocenters. The number of hydrogen-bond acceptors (Lipinski definition) is 5. The molecule has 2 N–H and O–H groups in total. The molecule has 0 aromatic carbocycles. The summed E-state index contributed by atoms with van der Waals surface area (Å²) in [6, 6.07) is 5.05. The van der Waals surface area contributed by atoms with Gasteiger partial charge in [-0.05, 0) is 25.5 Å². The smallest absolute Gasteiger partial charge is 0.323 e. The summed E-state index contributed by atoms with van der Waals surface area (Å²) >= 11 is 0. The molecule has 8 nitrogen and oxygen atoms in total. The van der Waals surface area contributed by atoms with E-state index in [9.17, 15) is 14.9 Å². The van der Waals surface area contributed by atoms with Crippen LogP contribution in [0.3, 0.4) is 0 Å². The topological polar surface area (TPSA) is 117 Å². The molecule has 2 aromatic heterocycles. The third-order valence-electron chi connectivity index (χ3n) is 3.22. The van der Waals surface area contributed by atoms with Crippen LogP contribution in [0.5, 0.6) is 0 Å². The number of rotatable bonds is 5. The Morgan fingerprint density at radius 3 is 2.71 bits per heavy atom. The summed E-state index contributed by atoms with van der Waals surface area (Å²) in [4.78, 5) is 26.2. The first-order chi connectivity index (χ1) is 9.97. The molecule has 0 fully saturated rings. The molecule has 0 spiro atoms. The second kappa shape index (κ2) is 5.70. The Balaban J connectivity index is 2.61. The van der Waals surface area contributed by atoms with Crippen molar-refractivity contribution in [2.24, 2.45) is 5.73 Å². The Kier molecular flexibility index (Phi) is 3.97. The first kappa shape index (κ1) is 14.6. The van der Waals surface area contributed by atoms with Gasteiger partial charge in [-0.25, -0.2) is 0 Å². The number of nitro groups is 1. The van der Waals surface area contributed by atoms with Gasteiger partial charge in [-0.3, -0.25) is 24.6 Å². The van der Waals surface area contributed by atoms with Crippen LogP contribution < -0.4 is 5.73 Å². The number of carbonyl (C=O) groups excluding carboxylic acids is 1. The molecule has 0 saturated carbocycles. The monoisotopic (exact) mass is 289 g/mol. The van der Waals surface area contributed by atoms with Gasteiger partial charge in [0.15, 0.2) is 0 Å². The van der Waals surface area contributed by atoms with Crippen molar-refractivity contribution in [3.63, 3.8) is 0 Å². The van der Waals surface area contributed by atoms with Gasteiger partial charge >= 0.3 is 5.69 Å². The van der Waals surface area contributed by atoms with Crippen molar-refractivity contribution in [1.82, 2.24) is 14.8 Å². The van der Waals surface area contributed by atoms with Gasteiger partial charge in [-0.2, -0.15) is 5.10 Å². The molecule has 110 valence electrons. The molecule has 2 rings (SSSR count). The molecular formula is C13H15N5O3. The van der Waals surface area contributed by atoms with Crippen molar-refractivity contribution in [3.8, 4) is 0 Å². The van der Waals surface area contributed by atoms with Gasteiger partial charge in [0, 0.05) is 6.20 Å². The third-order valence-corrected chi connectivity index (χ3v) is 3.22. The number of primary amides is 1. The van der Waals surface area contributed by atoms with Gasteiger partial charge in [0.25, 0.3) is 5.91 Å². The highest BCUT2D eigenvalue weighted by atomic mass is 16.6. The van der Waals surface area contributed by atoms with Crippen LogP contribution in [0.4, 0.5) is 5.69 Å². The fourth-order valence-corrected chi connectivity index (χ4v) is 2.22. The molecule has 0 saturated heterocycles. The molecule has 0 aliphatic carbocycles. The van der Waals surface area contributed by atoms with Crippen LogP contribution >= 0.6 is 0 Å². The number of carbonyl (C=O) groups is 1. The number of nitrogens with two attached hydrogens (primary N) is 1. The average molecular weight is 289 g/mol. The second-order valence-electron chi connectivity index (χ2n) is 4.49. The lowest BCUT2D eigenvalue weighted by Gasteiger charge is -2.13. The number of nitrogens with zero attached hydrogens (tertiary/aromatic N) is 4. The highest BCUT2D eigenvalue weighted by molar-refractivity contribution is 5.95. The minimum Gasteiger partial charge on any atom is -0.364 e. The molecule has 0 aliphatic rings. The maximum atomic E-state index is 11.4. The van der Waals surface area contributed by atoms with Crippen LogP contribution in [-0.2, 0) is 6.42 Å². The number of aromatic nitrogens is 3. The van der Waals surface area contributed by atoms with Crippen molar-refractivity contribution in [2.45, 2.75) is 26.3 Å². The summed E-state index contributed by atoms with van der Waals surface area (Å²) in [6.07, 6.45) is 1.98. The molecule has 1 amide bonds. The lowest BCUT2D eigenvalue weighted by molar-refractivity contribution is -0.385. The van der Waals surface area contributed by atoms with Crippen LogP contribution in [0.25, 0.3) is 0 Å². The van der Waals surface area contributed by atoms with E-state index in [-0.39, 0.29) is 17.4 Å². The predicted octanol–water partition coefficient (Wildman–Crippen LogP) is 1.46. The standard InChI is InChI=1S/C13H15N5O3/c1-3-10-12(18(20)21)11(13(14)19)16-17(10)8(2)9-6-4-5-7-15-9/h4-8H,3H2,1-2H3,(H2,14,19). The lowest BCUT2D eigenvalue weighted by atomic mass is 10.2. The van der Waals surface area contributed by atoms with Crippen LogP contribution in [0, 0.1) is 10.1 Å². The fraction of sp³-hybridized carbons (Fsp3) is 0.308. The van der Waals surface area contributed by atoms with Crippen molar-refractivity contribution >= 4 is 11.6 Å². The highest BCUT2D eigenvalue weighted by Crippen LogP contribution is 2.28. The van der Waals surface area contributed by atoms with Gasteiger partial charge in [-0.15, -0.1) is 0 Å². The SMILES string of the molecule is CCc1c([N+](=O)[O-])c(C(N)=O)nn1C(C)c1ccccn1. The number of pyridine rings is 1. The van der Waals surface area contributed by atoms with E-state index in [2.05, 4.69) is 10.1 Å². The van der Waals surface area contributed by atoms with Crippen molar-refractivity contribution in [3.05, 3.63) is 51.6 Å². The number of hydrogen-bond donors (Lipinski definition) is 1. The zero-order valence-electron chi connectivity index (χ0n) is 11.7. The van der Waals surface area contributed by atoms with E-state index in [1.807, 2.05) is 13.0 Å². The molecule has 2 heterocycles. The van der Waals surface area contributed by atoms with Crippen LogP contribution in [0.1, 0.15) is 41.8 Å². The lowest BCUT2D eigenvalue weighted by Crippen LogP contribution is -2.16. The normalized spacial score (nSPS) is 12.1. The van der Waals surface area contributed by atoms with Crippen molar-refractivity contribution < 1.29 is 9.72 Å². The summed E-state index contributed by atoms with van der Waals surface area (Å²) < 4.78 is 1.44. The van der Waals surface area contributed by atoms with E-state index in [0.717, 1.165) is 0 Å². The third kappa shape index (κ3) is 2.60. The second-order valence-corrected chi connectivity index (χ2v) is 4.49. The highest BCUT2D eigenvalue weighted by Gasteiger charge is 2.31. The zero-order valence-corrected chi connectivity index (χ0v) is 11.7. The van der Waals surface area contributed by atoms with Gasteiger partial charge in [0.2, 0.25) is 5.69 Å². The molecule has 8 heteroatoms. The van der Waals surface area contributed by atoms with Crippen LogP contribution in [0.2, 0.25) is 0 Å². The molecule has 0 aliphatic heterocycles. The van der Waals surface area contributed by atoms with Gasteiger partial charge in [0.05, 0.1) is 16.7 Å². The van der Waals surface area contributed by atoms with E-state index in [0.29, 0.717) is 17.8 Å². The quantitative estimate of drug-likeness (QED) is 0.660. The van der Waals surface area contributed by atoms with E-state index in [1.54, 1.807) is 25.3 Å². The Morgan fingerprint density at radius 2 is 2.24 bits per heavy atom. The maximum absolute atomic E-state index is 11.4. The Hall–Kier alpha value is -2.77. The molecule has 1 unspecified atom stereocenters. The Morgan fingerprint density at radius 1 is 1.52 bits per heavy atom. The molecule has 2 aromatic rings. The summed E-state index contributed by atoms with van der Waals surface area (Å²) in [6.45, 7) is 3.57. The van der Waals surface area contributed by atoms with E-state index in [4.69, 9.17) is 5.73 Å². The van der Waals surface area contributed by atoms with E-state index < -0.39 is 10.8 Å². The van der Waals surface area contributed by atoms with Crippen LogP contribution in [-0.4, -0.2) is 25.6 Å². The van der Waals surface area contributed by atoms with Gasteiger partial charge in [-0.1, -0.05) is 13.0 Å². The molecular weight excluding hydrogens is 274 g/mol. The van der Waals surface area contributed by atoms with Crippen molar-refractivity contribution in [1.29, 1.82) is 0 Å². The largest absolute Gasteiger partial charge is 0.364 e. The molecule has 21 heavy (non-hydrogen) atoms. The molecule has 0 bridgehead atoms. The summed E-state index contributed by atoms with van der Waals surface area (Å²) in [7, 11) is 0. The zero-order chi connectivity index (χ0) is 15.6. The van der Waals surface area contributed by atoms with Gasteiger partial charge < -0.3 is 5.73 Å².